The molecule has 2 aliphatic heterocycles. The minimum atomic E-state index is -0.493. The maximum Gasteiger partial charge on any atom is 0.407 e. The van der Waals surface area contributed by atoms with Crippen LogP contribution in [0.15, 0.2) is 30.5 Å². The number of pyridine rings is 1. The van der Waals surface area contributed by atoms with E-state index in [0.717, 1.165) is 55.6 Å². The highest BCUT2D eigenvalue weighted by Gasteiger charge is 2.31. The van der Waals surface area contributed by atoms with Crippen LogP contribution < -0.4 is 15.6 Å². The number of ether oxygens (including phenoxy) is 1. The van der Waals surface area contributed by atoms with Crippen LogP contribution in [-0.4, -0.2) is 59.9 Å². The maximum absolute atomic E-state index is 12.1. The highest BCUT2D eigenvalue weighted by molar-refractivity contribution is 5.95. The topological polar surface area (TPSA) is 93.5 Å². The van der Waals surface area contributed by atoms with Gasteiger partial charge >= 0.3 is 6.09 Å². The van der Waals surface area contributed by atoms with Crippen LogP contribution in [0.4, 0.5) is 10.5 Å². The lowest BCUT2D eigenvalue weighted by molar-refractivity contribution is 0.0503. The van der Waals surface area contributed by atoms with Crippen LogP contribution in [0.25, 0.3) is 10.9 Å². The van der Waals surface area contributed by atoms with Crippen molar-refractivity contribution in [3.8, 4) is 6.07 Å². The highest BCUT2D eigenvalue weighted by atomic mass is 16.6. The van der Waals surface area contributed by atoms with Crippen LogP contribution >= 0.6 is 0 Å². The van der Waals surface area contributed by atoms with E-state index in [1.807, 2.05) is 45.0 Å². The minimum absolute atomic E-state index is 0.0815. The average Bonchev–Trinajstić information content (AvgIpc) is 3.17. The zero-order valence-electron chi connectivity index (χ0n) is 20.0. The Morgan fingerprint density at radius 3 is 2.79 bits per heavy atom. The standard InChI is InChI=1S/C25H34N6O2/c1-17-12-20(29-31-11-9-19(16-31)28-24(32)33-25(2,3)4)15-30(14-17)22-8-7-18(13-26)23-21(22)6-5-10-27-23/h5-8,10,17,19-20,29H,9,11-12,14-16H2,1-4H3,(H,28,32)/t17-,19?,20+/m0/s1. The largest absolute Gasteiger partial charge is 0.444 e. The Kier molecular flexibility index (Phi) is 6.73. The Bertz CT molecular complexity index is 1040. The second-order valence-electron chi connectivity index (χ2n) is 10.3. The number of carbonyl (C=O) groups excluding carboxylic acids is 1. The van der Waals surface area contributed by atoms with E-state index < -0.39 is 5.60 Å². The number of piperidine rings is 1. The molecule has 176 valence electrons. The molecule has 2 saturated heterocycles. The number of aromatic nitrogens is 1. The second kappa shape index (κ2) is 9.54. The number of amides is 1. The first-order valence-electron chi connectivity index (χ1n) is 11.8. The monoisotopic (exact) mass is 450 g/mol. The third-order valence-electron chi connectivity index (χ3n) is 6.14. The fourth-order valence-electron chi connectivity index (χ4n) is 4.89. The van der Waals surface area contributed by atoms with Crippen molar-refractivity contribution in [3.63, 3.8) is 0 Å². The molecule has 33 heavy (non-hydrogen) atoms. The summed E-state index contributed by atoms with van der Waals surface area (Å²) in [5.41, 5.74) is 5.70. The molecule has 1 unspecified atom stereocenters. The quantitative estimate of drug-likeness (QED) is 0.737. The van der Waals surface area contributed by atoms with Crippen molar-refractivity contribution in [1.82, 2.24) is 20.7 Å². The van der Waals surface area contributed by atoms with E-state index >= 15 is 0 Å². The zero-order valence-corrected chi connectivity index (χ0v) is 20.0. The van der Waals surface area contributed by atoms with Gasteiger partial charge in [-0.05, 0) is 63.8 Å². The lowest BCUT2D eigenvalue weighted by Crippen LogP contribution is -2.54. The van der Waals surface area contributed by atoms with E-state index in [1.54, 1.807) is 6.20 Å². The van der Waals surface area contributed by atoms with E-state index in [0.29, 0.717) is 17.5 Å². The fourth-order valence-corrected chi connectivity index (χ4v) is 4.89. The number of anilines is 1. The molecule has 2 aliphatic rings. The smallest absolute Gasteiger partial charge is 0.407 e. The number of nitriles is 1. The van der Waals surface area contributed by atoms with Crippen molar-refractivity contribution in [2.24, 2.45) is 5.92 Å². The molecule has 0 radical (unpaired) electrons. The van der Waals surface area contributed by atoms with Gasteiger partial charge in [-0.25, -0.2) is 9.80 Å². The molecule has 3 atom stereocenters. The number of hydrogen-bond acceptors (Lipinski definition) is 7. The van der Waals surface area contributed by atoms with Crippen LogP contribution in [0.1, 0.15) is 46.1 Å². The average molecular weight is 451 g/mol. The lowest BCUT2D eigenvalue weighted by Gasteiger charge is -2.40. The fraction of sp³-hybridized carbons (Fsp3) is 0.560. The Labute approximate surface area is 195 Å². The van der Waals surface area contributed by atoms with E-state index in [2.05, 4.69) is 38.6 Å². The molecule has 0 spiro atoms. The second-order valence-corrected chi connectivity index (χ2v) is 10.3. The summed E-state index contributed by atoms with van der Waals surface area (Å²) >= 11 is 0. The van der Waals surface area contributed by atoms with Gasteiger partial charge in [0.25, 0.3) is 0 Å². The molecule has 2 N–H and O–H groups in total. The summed E-state index contributed by atoms with van der Waals surface area (Å²) < 4.78 is 5.39. The summed E-state index contributed by atoms with van der Waals surface area (Å²) in [6.45, 7) is 11.4. The first kappa shape index (κ1) is 23.3. The third-order valence-corrected chi connectivity index (χ3v) is 6.14. The summed E-state index contributed by atoms with van der Waals surface area (Å²) in [4.78, 5) is 19.0. The molecule has 1 amide bonds. The van der Waals surface area contributed by atoms with Gasteiger partial charge in [0.05, 0.1) is 11.1 Å². The van der Waals surface area contributed by atoms with Crippen molar-refractivity contribution in [1.29, 1.82) is 5.26 Å². The van der Waals surface area contributed by atoms with Gasteiger partial charge in [-0.15, -0.1) is 0 Å². The van der Waals surface area contributed by atoms with Crippen LogP contribution in [-0.2, 0) is 4.74 Å². The number of nitrogens with zero attached hydrogens (tertiary/aromatic N) is 4. The summed E-state index contributed by atoms with van der Waals surface area (Å²) in [6, 6.07) is 10.5. The van der Waals surface area contributed by atoms with Gasteiger partial charge in [-0.1, -0.05) is 6.92 Å². The van der Waals surface area contributed by atoms with Gasteiger partial charge in [-0.3, -0.25) is 10.4 Å². The molecule has 8 heteroatoms. The SMILES string of the molecule is C[C@H]1C[C@@H](NN2CCC(NC(=O)OC(C)(C)C)C2)CN(c2ccc(C#N)c3ncccc23)C1. The molecule has 1 aromatic carbocycles. The zero-order chi connectivity index (χ0) is 23.6. The molecule has 1 aromatic heterocycles. The molecule has 3 heterocycles. The molecule has 0 bridgehead atoms. The molecule has 0 saturated carbocycles. The molecule has 4 rings (SSSR count). The summed E-state index contributed by atoms with van der Waals surface area (Å²) in [5.74, 6) is 0.525. The molecule has 0 aliphatic carbocycles. The van der Waals surface area contributed by atoms with Gasteiger partial charge in [-0.2, -0.15) is 5.26 Å². The summed E-state index contributed by atoms with van der Waals surface area (Å²) in [5, 5.41) is 15.7. The molecule has 2 aromatic rings. The Balaban J connectivity index is 1.40. The number of carbonyl (C=O) groups is 1. The first-order chi connectivity index (χ1) is 15.7. The number of rotatable bonds is 4. The van der Waals surface area contributed by atoms with Crippen molar-refractivity contribution in [3.05, 3.63) is 36.0 Å². The number of alkyl carbamates (subject to hydrolysis) is 1. The maximum atomic E-state index is 12.1. The van der Waals surface area contributed by atoms with Crippen LogP contribution in [0.2, 0.25) is 0 Å². The Morgan fingerprint density at radius 1 is 1.21 bits per heavy atom. The lowest BCUT2D eigenvalue weighted by atomic mass is 9.95. The van der Waals surface area contributed by atoms with E-state index in [9.17, 15) is 10.1 Å². The van der Waals surface area contributed by atoms with Gasteiger partial charge in [0.15, 0.2) is 0 Å². The van der Waals surface area contributed by atoms with Crippen molar-refractivity contribution < 1.29 is 9.53 Å². The molecule has 2 fully saturated rings. The predicted molar refractivity (Wildman–Crippen MR) is 129 cm³/mol. The first-order valence-corrected chi connectivity index (χ1v) is 11.8. The molecular formula is C25H34N6O2. The Hall–Kier alpha value is -2.89. The van der Waals surface area contributed by atoms with Crippen LogP contribution in [0.5, 0.6) is 0 Å². The predicted octanol–water partition coefficient (Wildman–Crippen LogP) is 3.42. The minimum Gasteiger partial charge on any atom is -0.444 e. The van der Waals surface area contributed by atoms with Gasteiger partial charge < -0.3 is 15.0 Å². The molecule has 8 nitrogen and oxygen atoms in total. The number of hydrazine groups is 1. The number of nitrogens with one attached hydrogen (secondary N) is 2. The number of hydrogen-bond donors (Lipinski definition) is 2. The highest BCUT2D eigenvalue weighted by Crippen LogP contribution is 2.31. The Morgan fingerprint density at radius 2 is 2.03 bits per heavy atom. The van der Waals surface area contributed by atoms with E-state index in [4.69, 9.17) is 4.74 Å². The number of fused-ring (bicyclic) bond motifs is 1. The van der Waals surface area contributed by atoms with Gasteiger partial charge in [0.1, 0.15) is 11.7 Å². The molecular weight excluding hydrogens is 416 g/mol. The third kappa shape index (κ3) is 5.73. The summed E-state index contributed by atoms with van der Waals surface area (Å²) in [7, 11) is 0. The van der Waals surface area contributed by atoms with Crippen molar-refractivity contribution >= 4 is 22.7 Å². The van der Waals surface area contributed by atoms with Gasteiger partial charge in [0, 0.05) is 55.5 Å². The van der Waals surface area contributed by atoms with Crippen molar-refractivity contribution in [2.45, 2.75) is 58.2 Å². The normalized spacial score (nSPS) is 24.0. The van der Waals surface area contributed by atoms with Crippen molar-refractivity contribution in [2.75, 3.05) is 31.1 Å². The van der Waals surface area contributed by atoms with Crippen LogP contribution in [0.3, 0.4) is 0 Å². The van der Waals surface area contributed by atoms with E-state index in [-0.39, 0.29) is 12.1 Å². The summed E-state index contributed by atoms with van der Waals surface area (Å²) in [6.07, 6.45) is 3.37. The number of benzene rings is 1. The van der Waals surface area contributed by atoms with Gasteiger partial charge in [0.2, 0.25) is 0 Å². The van der Waals surface area contributed by atoms with E-state index in [1.165, 1.54) is 0 Å². The van der Waals surface area contributed by atoms with Crippen LogP contribution in [0, 0.1) is 17.2 Å².